The van der Waals surface area contributed by atoms with Crippen LogP contribution in [-0.4, -0.2) is 15.8 Å². The number of halogens is 1. The van der Waals surface area contributed by atoms with Gasteiger partial charge in [-0.2, -0.15) is 5.10 Å². The van der Waals surface area contributed by atoms with Crippen LogP contribution in [0.15, 0.2) is 64.2 Å². The van der Waals surface area contributed by atoms with Crippen molar-refractivity contribution in [2.24, 2.45) is 5.10 Å². The first kappa shape index (κ1) is 17.0. The van der Waals surface area contributed by atoms with Crippen molar-refractivity contribution in [3.05, 3.63) is 76.0 Å². The second kappa shape index (κ2) is 7.05. The Bertz CT molecular complexity index is 1060. The number of nitrogens with one attached hydrogen (secondary N) is 1. The van der Waals surface area contributed by atoms with E-state index in [1.807, 2.05) is 24.4 Å². The van der Waals surface area contributed by atoms with E-state index >= 15 is 0 Å². The molecule has 0 aliphatic carbocycles. The number of thiazole rings is 1. The predicted molar refractivity (Wildman–Crippen MR) is 114 cm³/mol. The molecule has 130 valence electrons. The number of hydrogen-bond donors (Lipinski definition) is 1. The Hall–Kier alpha value is -2.44. The molecule has 1 N–H and O–H groups in total. The lowest BCUT2D eigenvalue weighted by atomic mass is 10.2. The number of benzene rings is 2. The highest BCUT2D eigenvalue weighted by Gasteiger charge is 2.09. The maximum absolute atomic E-state index is 4.53. The number of nitrogens with zero attached hydrogens (tertiary/aromatic N) is 3. The summed E-state index contributed by atoms with van der Waals surface area (Å²) in [5, 5.41) is 5.18. The molecule has 2 aromatic heterocycles. The maximum Gasteiger partial charge on any atom is 0.204 e. The van der Waals surface area contributed by atoms with Gasteiger partial charge in [0.2, 0.25) is 5.13 Å². The van der Waals surface area contributed by atoms with E-state index in [1.54, 1.807) is 11.3 Å². The maximum atomic E-state index is 4.53. The van der Waals surface area contributed by atoms with E-state index in [9.17, 15) is 0 Å². The van der Waals surface area contributed by atoms with Gasteiger partial charge in [0.25, 0.3) is 0 Å². The molecule has 4 rings (SSSR count). The molecule has 4 aromatic rings. The van der Waals surface area contributed by atoms with Crippen LogP contribution in [0.4, 0.5) is 5.13 Å². The summed E-state index contributed by atoms with van der Waals surface area (Å²) in [4.78, 5) is 4.53. The van der Waals surface area contributed by atoms with E-state index in [0.717, 1.165) is 36.8 Å². The standard InChI is InChI=1S/C20H17BrN4S/c1-13-11-15(14(2)25(13)17-9-7-16(21)8-10-17)12-22-24-20-23-18-5-3-4-6-19(18)26-20/h3-12H,1-2H3,(H,23,24)/b22-12+. The number of hydrogen-bond acceptors (Lipinski definition) is 4. The molecule has 0 radical (unpaired) electrons. The van der Waals surface area contributed by atoms with E-state index < -0.39 is 0 Å². The smallest absolute Gasteiger partial charge is 0.204 e. The van der Waals surface area contributed by atoms with Gasteiger partial charge in [0, 0.05) is 27.1 Å². The minimum atomic E-state index is 0.796. The average Bonchev–Trinajstić information content (AvgIpc) is 3.17. The van der Waals surface area contributed by atoms with Crippen molar-refractivity contribution in [1.82, 2.24) is 9.55 Å². The number of aryl methyl sites for hydroxylation is 1. The fraction of sp³-hybridized carbons (Fsp3) is 0.100. The zero-order chi connectivity index (χ0) is 18.1. The Balaban J connectivity index is 1.57. The van der Waals surface area contributed by atoms with E-state index in [1.165, 1.54) is 5.69 Å². The van der Waals surface area contributed by atoms with Crippen molar-refractivity contribution in [3.63, 3.8) is 0 Å². The SMILES string of the molecule is Cc1cc(/C=N/Nc2nc3ccccc3s2)c(C)n1-c1ccc(Br)cc1. The van der Waals surface area contributed by atoms with Gasteiger partial charge < -0.3 is 4.57 Å². The first-order valence-corrected chi connectivity index (χ1v) is 9.82. The largest absolute Gasteiger partial charge is 0.318 e. The normalized spacial score (nSPS) is 11.5. The number of aromatic nitrogens is 2. The Morgan fingerprint density at radius 3 is 2.65 bits per heavy atom. The van der Waals surface area contributed by atoms with E-state index in [2.05, 4.69) is 86.3 Å². The quantitative estimate of drug-likeness (QED) is 0.326. The van der Waals surface area contributed by atoms with Crippen LogP contribution < -0.4 is 5.43 Å². The second-order valence-corrected chi connectivity index (χ2v) is 7.94. The molecule has 0 amide bonds. The third-order valence-corrected chi connectivity index (χ3v) is 5.68. The van der Waals surface area contributed by atoms with Crippen LogP contribution in [0.1, 0.15) is 17.0 Å². The van der Waals surface area contributed by atoms with E-state index in [0.29, 0.717) is 0 Å². The van der Waals surface area contributed by atoms with Crippen molar-refractivity contribution < 1.29 is 0 Å². The van der Waals surface area contributed by atoms with Gasteiger partial charge in [0.1, 0.15) is 0 Å². The van der Waals surface area contributed by atoms with Crippen LogP contribution in [0, 0.1) is 13.8 Å². The molecular weight excluding hydrogens is 408 g/mol. The first-order valence-electron chi connectivity index (χ1n) is 8.21. The monoisotopic (exact) mass is 424 g/mol. The Kier molecular flexibility index (Phi) is 4.61. The summed E-state index contributed by atoms with van der Waals surface area (Å²) in [7, 11) is 0. The van der Waals surface area contributed by atoms with Crippen molar-refractivity contribution >= 4 is 48.8 Å². The first-order chi connectivity index (χ1) is 12.6. The van der Waals surface area contributed by atoms with Crippen molar-refractivity contribution in [2.45, 2.75) is 13.8 Å². The molecule has 0 saturated heterocycles. The molecule has 0 aliphatic rings. The highest BCUT2D eigenvalue weighted by Crippen LogP contribution is 2.25. The van der Waals surface area contributed by atoms with Gasteiger partial charge in [-0.3, -0.25) is 5.43 Å². The van der Waals surface area contributed by atoms with Crippen molar-refractivity contribution in [3.8, 4) is 5.69 Å². The summed E-state index contributed by atoms with van der Waals surface area (Å²) in [5.41, 5.74) is 8.58. The molecule has 26 heavy (non-hydrogen) atoms. The number of rotatable bonds is 4. The number of fused-ring (bicyclic) bond motifs is 1. The molecule has 0 bridgehead atoms. The third-order valence-electron chi connectivity index (χ3n) is 4.21. The lowest BCUT2D eigenvalue weighted by Crippen LogP contribution is -1.99. The molecule has 0 unspecified atom stereocenters. The van der Waals surface area contributed by atoms with Gasteiger partial charge >= 0.3 is 0 Å². The molecule has 0 aliphatic heterocycles. The number of anilines is 1. The average molecular weight is 425 g/mol. The van der Waals surface area contributed by atoms with Gasteiger partial charge in [0.05, 0.1) is 16.4 Å². The zero-order valence-electron chi connectivity index (χ0n) is 14.4. The molecule has 0 saturated carbocycles. The molecular formula is C20H17BrN4S. The van der Waals surface area contributed by atoms with Crippen molar-refractivity contribution in [1.29, 1.82) is 0 Å². The fourth-order valence-electron chi connectivity index (χ4n) is 2.98. The molecule has 4 nitrogen and oxygen atoms in total. The molecule has 0 atom stereocenters. The van der Waals surface area contributed by atoms with Crippen LogP contribution in [-0.2, 0) is 0 Å². The summed E-state index contributed by atoms with van der Waals surface area (Å²) in [6.45, 7) is 4.21. The van der Waals surface area contributed by atoms with E-state index in [-0.39, 0.29) is 0 Å². The minimum Gasteiger partial charge on any atom is -0.318 e. The molecule has 0 spiro atoms. The summed E-state index contributed by atoms with van der Waals surface area (Å²) in [5.74, 6) is 0. The fourth-order valence-corrected chi connectivity index (χ4v) is 4.06. The molecule has 2 heterocycles. The number of hydrazone groups is 1. The molecule has 2 aromatic carbocycles. The summed E-state index contributed by atoms with van der Waals surface area (Å²) < 4.78 is 4.45. The van der Waals surface area contributed by atoms with E-state index in [4.69, 9.17) is 0 Å². The Morgan fingerprint density at radius 1 is 1.12 bits per heavy atom. The van der Waals surface area contributed by atoms with Crippen LogP contribution in [0.3, 0.4) is 0 Å². The second-order valence-electron chi connectivity index (χ2n) is 6.00. The highest BCUT2D eigenvalue weighted by molar-refractivity contribution is 9.10. The van der Waals surface area contributed by atoms with Crippen LogP contribution >= 0.6 is 27.3 Å². The van der Waals surface area contributed by atoms with Crippen molar-refractivity contribution in [2.75, 3.05) is 5.43 Å². The predicted octanol–water partition coefficient (Wildman–Crippen LogP) is 5.91. The van der Waals surface area contributed by atoms with Crippen LogP contribution in [0.5, 0.6) is 0 Å². The topological polar surface area (TPSA) is 42.2 Å². The highest BCUT2D eigenvalue weighted by atomic mass is 79.9. The summed E-state index contributed by atoms with van der Waals surface area (Å²) in [6.07, 6.45) is 1.85. The summed E-state index contributed by atoms with van der Waals surface area (Å²) >= 11 is 5.08. The minimum absolute atomic E-state index is 0.796. The zero-order valence-corrected chi connectivity index (χ0v) is 16.8. The Morgan fingerprint density at radius 2 is 1.88 bits per heavy atom. The van der Waals surface area contributed by atoms with Gasteiger partial charge in [-0.1, -0.05) is 39.4 Å². The van der Waals surface area contributed by atoms with Gasteiger partial charge in [-0.05, 0) is 56.3 Å². The lowest BCUT2D eigenvalue weighted by Gasteiger charge is -2.09. The third kappa shape index (κ3) is 3.30. The molecule has 0 fully saturated rings. The van der Waals surface area contributed by atoms with Gasteiger partial charge in [0.15, 0.2) is 0 Å². The number of para-hydroxylation sites is 1. The molecule has 6 heteroatoms. The van der Waals surface area contributed by atoms with Crippen LogP contribution in [0.25, 0.3) is 15.9 Å². The van der Waals surface area contributed by atoms with Gasteiger partial charge in [-0.25, -0.2) is 4.98 Å². The van der Waals surface area contributed by atoms with Crippen LogP contribution in [0.2, 0.25) is 0 Å². The lowest BCUT2D eigenvalue weighted by molar-refractivity contribution is 0.964. The Labute approximate surface area is 164 Å². The van der Waals surface area contributed by atoms with Gasteiger partial charge in [-0.15, -0.1) is 0 Å². The summed E-state index contributed by atoms with van der Waals surface area (Å²) in [6, 6.07) is 18.5.